The van der Waals surface area contributed by atoms with Crippen molar-refractivity contribution in [1.29, 1.82) is 0 Å². The van der Waals surface area contributed by atoms with E-state index in [0.717, 1.165) is 36.6 Å². The SMILES string of the molecule is Cn1cc(NC(=O)c2cccc(-c3cn[nH]c3)n2)c(C(=O)NCCCCCCBr)n1. The Morgan fingerprint density at radius 3 is 2.77 bits per heavy atom. The van der Waals surface area contributed by atoms with Crippen molar-refractivity contribution in [1.82, 2.24) is 30.3 Å². The van der Waals surface area contributed by atoms with E-state index in [1.54, 1.807) is 43.8 Å². The fourth-order valence-corrected chi connectivity index (χ4v) is 3.30. The topological polar surface area (TPSA) is 118 Å². The smallest absolute Gasteiger partial charge is 0.274 e. The molecule has 0 bridgehead atoms. The third-order valence-electron chi connectivity index (χ3n) is 4.41. The molecule has 0 fully saturated rings. The second-order valence-corrected chi connectivity index (χ2v) is 7.57. The van der Waals surface area contributed by atoms with Gasteiger partial charge in [0.05, 0.1) is 17.6 Å². The number of hydrogen-bond acceptors (Lipinski definition) is 5. The van der Waals surface area contributed by atoms with Gasteiger partial charge in [-0.25, -0.2) is 4.98 Å². The number of aromatic amines is 1. The summed E-state index contributed by atoms with van der Waals surface area (Å²) in [7, 11) is 1.70. The third kappa shape index (κ3) is 5.76. The van der Waals surface area contributed by atoms with E-state index in [1.807, 2.05) is 0 Å². The van der Waals surface area contributed by atoms with Gasteiger partial charge in [0.2, 0.25) is 0 Å². The van der Waals surface area contributed by atoms with Gasteiger partial charge in [0, 0.05) is 36.9 Å². The number of aromatic nitrogens is 5. The second-order valence-electron chi connectivity index (χ2n) is 6.77. The molecule has 3 aromatic rings. The van der Waals surface area contributed by atoms with E-state index in [1.165, 1.54) is 4.68 Å². The molecular weight excluding hydrogens is 450 g/mol. The number of anilines is 1. The molecular formula is C20H24BrN7O2. The molecule has 10 heteroatoms. The zero-order valence-corrected chi connectivity index (χ0v) is 18.3. The third-order valence-corrected chi connectivity index (χ3v) is 4.97. The highest BCUT2D eigenvalue weighted by Gasteiger charge is 2.19. The van der Waals surface area contributed by atoms with Gasteiger partial charge in [0.1, 0.15) is 5.69 Å². The highest BCUT2D eigenvalue weighted by atomic mass is 79.9. The molecule has 0 unspecified atom stereocenters. The molecule has 0 atom stereocenters. The van der Waals surface area contributed by atoms with Gasteiger partial charge < -0.3 is 10.6 Å². The van der Waals surface area contributed by atoms with Crippen molar-refractivity contribution in [2.75, 3.05) is 17.2 Å². The maximum Gasteiger partial charge on any atom is 0.274 e. The Morgan fingerprint density at radius 1 is 1.17 bits per heavy atom. The summed E-state index contributed by atoms with van der Waals surface area (Å²) in [5.41, 5.74) is 2.16. The van der Waals surface area contributed by atoms with Crippen LogP contribution in [0.25, 0.3) is 11.3 Å². The van der Waals surface area contributed by atoms with E-state index in [9.17, 15) is 9.59 Å². The molecule has 3 aromatic heterocycles. The molecule has 9 nitrogen and oxygen atoms in total. The first-order valence-electron chi connectivity index (χ1n) is 9.74. The summed E-state index contributed by atoms with van der Waals surface area (Å²) in [6, 6.07) is 5.15. The number of pyridine rings is 1. The lowest BCUT2D eigenvalue weighted by atomic mass is 10.2. The molecule has 0 radical (unpaired) electrons. The van der Waals surface area contributed by atoms with Crippen LogP contribution in [0.5, 0.6) is 0 Å². The summed E-state index contributed by atoms with van der Waals surface area (Å²) < 4.78 is 1.50. The molecule has 0 saturated carbocycles. The van der Waals surface area contributed by atoms with Crippen LogP contribution in [0.2, 0.25) is 0 Å². The minimum absolute atomic E-state index is 0.178. The molecule has 0 aliphatic carbocycles. The van der Waals surface area contributed by atoms with Crippen LogP contribution in [-0.2, 0) is 7.05 Å². The van der Waals surface area contributed by atoms with E-state index in [4.69, 9.17) is 0 Å². The summed E-state index contributed by atoms with van der Waals surface area (Å²) in [6.07, 6.45) is 9.13. The fourth-order valence-electron chi connectivity index (χ4n) is 2.91. The zero-order valence-electron chi connectivity index (χ0n) is 16.7. The maximum atomic E-state index is 12.7. The number of alkyl halides is 1. The number of carbonyl (C=O) groups excluding carboxylic acids is 2. The van der Waals surface area contributed by atoms with Crippen LogP contribution in [0.3, 0.4) is 0 Å². The number of amides is 2. The monoisotopic (exact) mass is 473 g/mol. The van der Waals surface area contributed by atoms with Crippen molar-refractivity contribution in [2.24, 2.45) is 7.05 Å². The Morgan fingerprint density at radius 2 is 2.00 bits per heavy atom. The standard InChI is InChI=1S/C20H24BrN7O2/c1-28-13-17(18(27-28)20(30)22-10-5-3-2-4-9-21)26-19(29)16-8-6-7-15(25-16)14-11-23-24-12-14/h6-8,11-13H,2-5,9-10H2,1H3,(H,22,30)(H,23,24)(H,26,29). The molecule has 0 aliphatic rings. The van der Waals surface area contributed by atoms with Gasteiger partial charge in [-0.1, -0.05) is 34.8 Å². The molecule has 0 aromatic carbocycles. The van der Waals surface area contributed by atoms with Crippen molar-refractivity contribution in [3.05, 3.63) is 48.2 Å². The van der Waals surface area contributed by atoms with Crippen molar-refractivity contribution >= 4 is 33.4 Å². The zero-order chi connectivity index (χ0) is 21.3. The number of hydrogen-bond donors (Lipinski definition) is 3. The molecule has 0 spiro atoms. The number of halogens is 1. The minimum atomic E-state index is -0.419. The average molecular weight is 474 g/mol. The van der Waals surface area contributed by atoms with Crippen molar-refractivity contribution in [3.8, 4) is 11.3 Å². The van der Waals surface area contributed by atoms with Crippen LogP contribution < -0.4 is 10.6 Å². The van der Waals surface area contributed by atoms with Crippen LogP contribution in [0.1, 0.15) is 46.7 Å². The van der Waals surface area contributed by atoms with Gasteiger partial charge in [-0.15, -0.1) is 0 Å². The van der Waals surface area contributed by atoms with Gasteiger partial charge >= 0.3 is 0 Å². The van der Waals surface area contributed by atoms with Crippen LogP contribution in [0.4, 0.5) is 5.69 Å². The highest BCUT2D eigenvalue weighted by molar-refractivity contribution is 9.09. The molecule has 3 N–H and O–H groups in total. The summed E-state index contributed by atoms with van der Waals surface area (Å²) in [5.74, 6) is -0.733. The van der Waals surface area contributed by atoms with Gasteiger partial charge in [0.25, 0.3) is 11.8 Å². The molecule has 158 valence electrons. The fraction of sp³-hybridized carbons (Fsp3) is 0.350. The van der Waals surface area contributed by atoms with Crippen LogP contribution in [-0.4, -0.2) is 48.7 Å². The Labute approximate surface area is 182 Å². The van der Waals surface area contributed by atoms with Crippen molar-refractivity contribution in [2.45, 2.75) is 25.7 Å². The lowest BCUT2D eigenvalue weighted by Crippen LogP contribution is -2.26. The first kappa shape index (κ1) is 21.7. The first-order chi connectivity index (χ1) is 14.6. The quantitative estimate of drug-likeness (QED) is 0.308. The Balaban J connectivity index is 1.64. The number of aryl methyl sites for hydroxylation is 1. The average Bonchev–Trinajstić information content (AvgIpc) is 3.40. The number of rotatable bonds is 10. The lowest BCUT2D eigenvalue weighted by Gasteiger charge is -2.07. The summed E-state index contributed by atoms with van der Waals surface area (Å²) in [4.78, 5) is 29.6. The van der Waals surface area contributed by atoms with Gasteiger partial charge in [-0.2, -0.15) is 10.2 Å². The summed E-state index contributed by atoms with van der Waals surface area (Å²) in [5, 5.41) is 17.4. The number of unbranched alkanes of at least 4 members (excludes halogenated alkanes) is 3. The predicted octanol–water partition coefficient (Wildman–Crippen LogP) is 3.14. The highest BCUT2D eigenvalue weighted by Crippen LogP contribution is 2.17. The molecule has 3 rings (SSSR count). The Kier molecular flexibility index (Phi) is 7.72. The number of H-pyrrole nitrogens is 1. The maximum absolute atomic E-state index is 12.7. The first-order valence-corrected chi connectivity index (χ1v) is 10.9. The minimum Gasteiger partial charge on any atom is -0.351 e. The van der Waals surface area contributed by atoms with Crippen LogP contribution >= 0.6 is 15.9 Å². The van der Waals surface area contributed by atoms with Crippen LogP contribution in [0.15, 0.2) is 36.8 Å². The summed E-state index contributed by atoms with van der Waals surface area (Å²) in [6.45, 7) is 0.569. The summed E-state index contributed by atoms with van der Waals surface area (Å²) >= 11 is 3.41. The number of nitrogens with zero attached hydrogens (tertiary/aromatic N) is 4. The van der Waals surface area contributed by atoms with E-state index < -0.39 is 5.91 Å². The normalized spacial score (nSPS) is 10.7. The van der Waals surface area contributed by atoms with E-state index >= 15 is 0 Å². The van der Waals surface area contributed by atoms with E-state index in [-0.39, 0.29) is 17.3 Å². The molecule has 2 amide bonds. The lowest BCUT2D eigenvalue weighted by molar-refractivity contribution is 0.0948. The number of carbonyl (C=O) groups is 2. The van der Waals surface area contributed by atoms with Gasteiger partial charge in [0.15, 0.2) is 5.69 Å². The van der Waals surface area contributed by atoms with E-state index in [0.29, 0.717) is 17.9 Å². The second kappa shape index (κ2) is 10.7. The van der Waals surface area contributed by atoms with Crippen LogP contribution in [0, 0.1) is 0 Å². The largest absolute Gasteiger partial charge is 0.351 e. The van der Waals surface area contributed by atoms with E-state index in [2.05, 4.69) is 46.8 Å². The molecule has 0 aliphatic heterocycles. The molecule has 0 saturated heterocycles. The molecule has 3 heterocycles. The Bertz CT molecular complexity index is 985. The van der Waals surface area contributed by atoms with Crippen molar-refractivity contribution in [3.63, 3.8) is 0 Å². The van der Waals surface area contributed by atoms with Crippen molar-refractivity contribution < 1.29 is 9.59 Å². The Hall–Kier alpha value is -3.01. The van der Waals surface area contributed by atoms with Gasteiger partial charge in [-0.05, 0) is 25.0 Å². The predicted molar refractivity (Wildman–Crippen MR) is 118 cm³/mol. The van der Waals surface area contributed by atoms with Gasteiger partial charge in [-0.3, -0.25) is 19.4 Å². The number of nitrogens with one attached hydrogen (secondary N) is 3. The molecule has 30 heavy (non-hydrogen) atoms.